The summed E-state index contributed by atoms with van der Waals surface area (Å²) in [5.41, 5.74) is 0.629. The van der Waals surface area contributed by atoms with Gasteiger partial charge in [-0.05, 0) is 37.7 Å². The van der Waals surface area contributed by atoms with E-state index in [1.54, 1.807) is 31.2 Å². The van der Waals surface area contributed by atoms with Crippen molar-refractivity contribution in [3.05, 3.63) is 35.4 Å². The van der Waals surface area contributed by atoms with E-state index in [4.69, 9.17) is 21.7 Å². The van der Waals surface area contributed by atoms with Crippen LogP contribution in [0.5, 0.6) is 0 Å². The Bertz CT molecular complexity index is 808. The molecule has 1 unspecified atom stereocenters. The van der Waals surface area contributed by atoms with Crippen LogP contribution in [0.15, 0.2) is 24.3 Å². The lowest BCUT2D eigenvalue weighted by Crippen LogP contribution is -2.40. The van der Waals surface area contributed by atoms with E-state index in [2.05, 4.69) is 0 Å². The molecule has 1 aromatic rings. The fraction of sp³-hybridized carbons (Fsp3) is 0.389. The number of fused-ring (bicyclic) bond motifs is 1. The van der Waals surface area contributed by atoms with Gasteiger partial charge in [0, 0.05) is 6.42 Å². The van der Waals surface area contributed by atoms with Crippen molar-refractivity contribution >= 4 is 52.2 Å². The molecule has 28 heavy (non-hydrogen) atoms. The zero-order chi connectivity index (χ0) is 20.3. The highest BCUT2D eigenvalue weighted by atomic mass is 32.2. The van der Waals surface area contributed by atoms with Gasteiger partial charge in [-0.1, -0.05) is 23.9 Å². The van der Waals surface area contributed by atoms with Crippen LogP contribution in [0.3, 0.4) is 0 Å². The number of cyclic esters (lactones) is 1. The van der Waals surface area contributed by atoms with E-state index in [1.807, 2.05) is 0 Å². The van der Waals surface area contributed by atoms with E-state index in [0.717, 1.165) is 21.6 Å². The van der Waals surface area contributed by atoms with Crippen LogP contribution in [0, 0.1) is 0 Å². The Morgan fingerprint density at radius 1 is 1.25 bits per heavy atom. The van der Waals surface area contributed by atoms with Crippen LogP contribution in [-0.2, 0) is 14.3 Å². The minimum Gasteiger partial charge on any atom is -0.479 e. The van der Waals surface area contributed by atoms with Gasteiger partial charge in [-0.15, -0.1) is 0 Å². The normalized spacial score (nSPS) is 16.8. The molecular weight excluding hydrogens is 404 g/mol. The van der Waals surface area contributed by atoms with Gasteiger partial charge in [0.05, 0.1) is 29.7 Å². The largest absolute Gasteiger partial charge is 0.479 e. The summed E-state index contributed by atoms with van der Waals surface area (Å²) in [5, 5.41) is -0.728. The van der Waals surface area contributed by atoms with Crippen molar-refractivity contribution in [1.29, 1.82) is 0 Å². The summed E-state index contributed by atoms with van der Waals surface area (Å²) in [5.74, 6) is -1.30. The Labute approximate surface area is 171 Å². The van der Waals surface area contributed by atoms with Crippen molar-refractivity contribution in [3.8, 4) is 0 Å². The van der Waals surface area contributed by atoms with Crippen molar-refractivity contribution in [2.75, 3.05) is 19.8 Å². The lowest BCUT2D eigenvalue weighted by molar-refractivity contribution is -0.127. The Balaban J connectivity index is 1.76. The Morgan fingerprint density at radius 3 is 2.43 bits per heavy atom. The van der Waals surface area contributed by atoms with Crippen molar-refractivity contribution in [2.45, 2.75) is 25.1 Å². The number of thiocarbonyl (C=S) groups is 1. The molecule has 1 aromatic carbocycles. The number of hydrogen-bond donors (Lipinski definition) is 0. The first kappa shape index (κ1) is 20.3. The molecule has 2 heterocycles. The maximum atomic E-state index is 12.8. The third-order valence-electron chi connectivity index (χ3n) is 4.27. The number of rotatable bonds is 6. The third kappa shape index (κ3) is 4.02. The van der Waals surface area contributed by atoms with E-state index in [1.165, 1.54) is 0 Å². The van der Waals surface area contributed by atoms with Crippen molar-refractivity contribution in [3.63, 3.8) is 0 Å². The van der Waals surface area contributed by atoms with E-state index in [9.17, 15) is 19.2 Å². The first-order chi connectivity index (χ1) is 13.4. The standard InChI is InChI=1S/C18H18N2O6S2/c1-2-25-18(27)28-14(8-7-13(21)19-9-10-26-17(19)24)20-15(22)11-5-3-4-6-12(11)16(20)23/h3-6,14H,2,7-10H2,1H3. The van der Waals surface area contributed by atoms with Gasteiger partial charge in [-0.3, -0.25) is 19.3 Å². The van der Waals surface area contributed by atoms with E-state index >= 15 is 0 Å². The maximum absolute atomic E-state index is 12.8. The second kappa shape index (κ2) is 8.70. The summed E-state index contributed by atoms with van der Waals surface area (Å²) < 4.78 is 10.2. The van der Waals surface area contributed by atoms with Gasteiger partial charge >= 0.3 is 6.09 Å². The van der Waals surface area contributed by atoms with Crippen LogP contribution in [0.2, 0.25) is 0 Å². The highest BCUT2D eigenvalue weighted by molar-refractivity contribution is 8.23. The number of benzene rings is 1. The lowest BCUT2D eigenvalue weighted by Gasteiger charge is -2.25. The molecule has 10 heteroatoms. The second-order valence-corrected chi connectivity index (χ2v) is 7.76. The molecule has 8 nitrogen and oxygen atoms in total. The summed E-state index contributed by atoms with van der Waals surface area (Å²) in [6, 6.07) is 6.54. The molecular formula is C18H18N2O6S2. The fourth-order valence-corrected chi connectivity index (χ4v) is 4.37. The molecule has 2 aliphatic heterocycles. The third-order valence-corrected chi connectivity index (χ3v) is 5.71. The number of imide groups is 2. The molecule has 0 bridgehead atoms. The van der Waals surface area contributed by atoms with Gasteiger partial charge < -0.3 is 9.47 Å². The number of nitrogens with zero attached hydrogens (tertiary/aromatic N) is 2. The quantitative estimate of drug-likeness (QED) is 0.510. The van der Waals surface area contributed by atoms with Crippen LogP contribution >= 0.6 is 24.0 Å². The first-order valence-corrected chi connectivity index (χ1v) is 10.00. The molecule has 0 aromatic heterocycles. The molecule has 0 aliphatic carbocycles. The molecule has 2 aliphatic rings. The summed E-state index contributed by atoms with van der Waals surface area (Å²) in [6.45, 7) is 2.47. The van der Waals surface area contributed by atoms with E-state index in [-0.39, 0.29) is 30.4 Å². The van der Waals surface area contributed by atoms with Crippen molar-refractivity contribution < 1.29 is 28.7 Å². The van der Waals surface area contributed by atoms with E-state index < -0.39 is 29.2 Å². The topological polar surface area (TPSA) is 93.2 Å². The zero-order valence-corrected chi connectivity index (χ0v) is 16.7. The SMILES string of the molecule is CCOC(=S)SC(CCC(=O)N1CCOC1=O)N1C(=O)c2ccccc2C1=O. The minimum atomic E-state index is -0.728. The molecule has 0 N–H and O–H groups in total. The van der Waals surface area contributed by atoms with Crippen LogP contribution in [0.25, 0.3) is 0 Å². The number of ether oxygens (including phenoxy) is 2. The van der Waals surface area contributed by atoms with Crippen LogP contribution in [-0.4, -0.2) is 63.1 Å². The number of carbonyl (C=O) groups excluding carboxylic acids is 4. The predicted molar refractivity (Wildman–Crippen MR) is 105 cm³/mol. The number of hydrogen-bond acceptors (Lipinski definition) is 8. The van der Waals surface area contributed by atoms with Gasteiger partial charge in [-0.25, -0.2) is 9.69 Å². The summed E-state index contributed by atoms with van der Waals surface area (Å²) in [6.07, 6.45) is -0.597. The fourth-order valence-electron chi connectivity index (χ4n) is 2.97. The van der Waals surface area contributed by atoms with Gasteiger partial charge in [-0.2, -0.15) is 0 Å². The van der Waals surface area contributed by atoms with Gasteiger partial charge in [0.15, 0.2) is 0 Å². The Hall–Kier alpha value is -2.46. The van der Waals surface area contributed by atoms with Gasteiger partial charge in [0.1, 0.15) is 6.61 Å². The average Bonchev–Trinajstić information content (AvgIpc) is 3.21. The van der Waals surface area contributed by atoms with Crippen molar-refractivity contribution in [1.82, 2.24) is 9.80 Å². The molecule has 0 saturated carbocycles. The Morgan fingerprint density at radius 2 is 1.89 bits per heavy atom. The molecule has 0 spiro atoms. The molecule has 1 saturated heterocycles. The molecule has 148 valence electrons. The highest BCUT2D eigenvalue weighted by Gasteiger charge is 2.41. The zero-order valence-electron chi connectivity index (χ0n) is 15.1. The minimum absolute atomic E-state index is 0.0467. The monoisotopic (exact) mass is 422 g/mol. The molecule has 1 fully saturated rings. The smallest absolute Gasteiger partial charge is 0.416 e. The predicted octanol–water partition coefficient (Wildman–Crippen LogP) is 2.42. The maximum Gasteiger partial charge on any atom is 0.416 e. The molecule has 3 rings (SSSR count). The van der Waals surface area contributed by atoms with Gasteiger partial charge in [0.2, 0.25) is 10.3 Å². The van der Waals surface area contributed by atoms with Crippen molar-refractivity contribution in [2.24, 2.45) is 0 Å². The molecule has 1 atom stereocenters. The van der Waals surface area contributed by atoms with E-state index in [0.29, 0.717) is 17.7 Å². The number of amides is 4. The molecule has 0 radical (unpaired) electrons. The number of thioether (sulfide) groups is 1. The molecule has 4 amide bonds. The number of carbonyl (C=O) groups is 4. The first-order valence-electron chi connectivity index (χ1n) is 8.71. The van der Waals surface area contributed by atoms with Crippen LogP contribution in [0.4, 0.5) is 4.79 Å². The average molecular weight is 422 g/mol. The second-order valence-electron chi connectivity index (χ2n) is 5.98. The lowest BCUT2D eigenvalue weighted by atomic mass is 10.1. The van der Waals surface area contributed by atoms with Crippen LogP contribution < -0.4 is 0 Å². The summed E-state index contributed by atoms with van der Waals surface area (Å²) >= 11 is 6.19. The summed E-state index contributed by atoms with van der Waals surface area (Å²) in [7, 11) is 0. The Kier molecular flexibility index (Phi) is 6.30. The van der Waals surface area contributed by atoms with Crippen LogP contribution in [0.1, 0.15) is 40.5 Å². The highest BCUT2D eigenvalue weighted by Crippen LogP contribution is 2.32. The summed E-state index contributed by atoms with van der Waals surface area (Å²) in [4.78, 5) is 51.6. The van der Waals surface area contributed by atoms with Gasteiger partial charge in [0.25, 0.3) is 11.8 Å².